The van der Waals surface area contributed by atoms with Gasteiger partial charge < -0.3 is 10.6 Å². The highest BCUT2D eigenvalue weighted by molar-refractivity contribution is 5.66. The van der Waals surface area contributed by atoms with E-state index in [1.165, 1.54) is 6.07 Å². The van der Waals surface area contributed by atoms with Crippen LogP contribution in [-0.2, 0) is 6.54 Å². The topological polar surface area (TPSA) is 53.0 Å². The summed E-state index contributed by atoms with van der Waals surface area (Å²) in [6, 6.07) is 13.8. The van der Waals surface area contributed by atoms with Crippen molar-refractivity contribution in [3.63, 3.8) is 0 Å². The van der Waals surface area contributed by atoms with Crippen LogP contribution in [0.3, 0.4) is 0 Å². The van der Waals surface area contributed by atoms with E-state index in [9.17, 15) is 4.39 Å². The molecular formula is C15H14FN3. The molecule has 0 fully saturated rings. The summed E-state index contributed by atoms with van der Waals surface area (Å²) in [6.07, 6.45) is 0. The summed E-state index contributed by atoms with van der Waals surface area (Å²) in [6.45, 7) is 0.395. The molecule has 0 radical (unpaired) electrons. The Morgan fingerprint density at radius 3 is 2.63 bits per heavy atom. The molecule has 0 aromatic heterocycles. The van der Waals surface area contributed by atoms with Crippen LogP contribution in [0.2, 0.25) is 0 Å². The number of halogens is 1. The second-order valence-corrected chi connectivity index (χ2v) is 4.33. The fourth-order valence-corrected chi connectivity index (χ4v) is 1.92. The van der Waals surface area contributed by atoms with E-state index in [0.717, 1.165) is 5.69 Å². The van der Waals surface area contributed by atoms with Gasteiger partial charge in [-0.1, -0.05) is 18.2 Å². The smallest absolute Gasteiger partial charge is 0.129 e. The molecule has 0 amide bonds. The number of nitrogens with zero attached hydrogens (tertiary/aromatic N) is 2. The highest BCUT2D eigenvalue weighted by atomic mass is 19.1. The number of benzene rings is 2. The van der Waals surface area contributed by atoms with Crippen LogP contribution >= 0.6 is 0 Å². The number of anilines is 2. The fraction of sp³-hybridized carbons (Fsp3) is 0.133. The molecular weight excluding hydrogens is 241 g/mol. The Labute approximate surface area is 111 Å². The molecule has 0 aliphatic rings. The van der Waals surface area contributed by atoms with Crippen molar-refractivity contribution in [1.82, 2.24) is 0 Å². The molecule has 0 heterocycles. The van der Waals surface area contributed by atoms with E-state index >= 15 is 0 Å². The van der Waals surface area contributed by atoms with Crippen molar-refractivity contribution in [2.75, 3.05) is 17.7 Å². The Morgan fingerprint density at radius 2 is 2.00 bits per heavy atom. The summed E-state index contributed by atoms with van der Waals surface area (Å²) < 4.78 is 13.8. The zero-order valence-corrected chi connectivity index (χ0v) is 10.6. The summed E-state index contributed by atoms with van der Waals surface area (Å²) in [4.78, 5) is 1.87. The van der Waals surface area contributed by atoms with E-state index in [4.69, 9.17) is 11.0 Å². The Hall–Kier alpha value is -2.54. The molecule has 0 atom stereocenters. The molecule has 0 unspecified atom stereocenters. The molecule has 19 heavy (non-hydrogen) atoms. The Morgan fingerprint density at radius 1 is 1.26 bits per heavy atom. The fourth-order valence-electron chi connectivity index (χ4n) is 1.92. The normalized spacial score (nSPS) is 9.95. The lowest BCUT2D eigenvalue weighted by Gasteiger charge is -2.21. The third-order valence-electron chi connectivity index (χ3n) is 2.94. The van der Waals surface area contributed by atoms with Crippen LogP contribution in [0.5, 0.6) is 0 Å². The van der Waals surface area contributed by atoms with Gasteiger partial charge in [-0.2, -0.15) is 5.26 Å². The van der Waals surface area contributed by atoms with E-state index in [1.807, 2.05) is 36.2 Å². The van der Waals surface area contributed by atoms with Gasteiger partial charge in [-0.05, 0) is 24.3 Å². The average Bonchev–Trinajstić information content (AvgIpc) is 2.41. The van der Waals surface area contributed by atoms with Crippen molar-refractivity contribution in [3.05, 3.63) is 59.4 Å². The zero-order valence-electron chi connectivity index (χ0n) is 10.6. The number of rotatable bonds is 3. The van der Waals surface area contributed by atoms with Crippen molar-refractivity contribution in [3.8, 4) is 6.07 Å². The molecule has 0 aliphatic carbocycles. The van der Waals surface area contributed by atoms with Gasteiger partial charge in [0, 0.05) is 19.2 Å². The predicted octanol–water partition coefficient (Wildman–Crippen LogP) is 2.92. The van der Waals surface area contributed by atoms with Crippen molar-refractivity contribution >= 4 is 11.4 Å². The van der Waals surface area contributed by atoms with Gasteiger partial charge in [0.05, 0.1) is 23.0 Å². The largest absolute Gasteiger partial charge is 0.397 e. The lowest BCUT2D eigenvalue weighted by molar-refractivity contribution is 0.607. The van der Waals surface area contributed by atoms with Crippen LogP contribution in [0.4, 0.5) is 15.8 Å². The van der Waals surface area contributed by atoms with Gasteiger partial charge in [0.25, 0.3) is 0 Å². The van der Waals surface area contributed by atoms with Crippen molar-refractivity contribution < 1.29 is 4.39 Å². The monoisotopic (exact) mass is 255 g/mol. The molecule has 0 saturated heterocycles. The number of para-hydroxylation sites is 2. The van der Waals surface area contributed by atoms with Crippen LogP contribution in [-0.4, -0.2) is 7.05 Å². The minimum Gasteiger partial charge on any atom is -0.397 e. The van der Waals surface area contributed by atoms with Gasteiger partial charge in [0.2, 0.25) is 0 Å². The lowest BCUT2D eigenvalue weighted by atomic mass is 10.1. The first-order valence-corrected chi connectivity index (χ1v) is 5.86. The Balaban J connectivity index is 2.22. The van der Waals surface area contributed by atoms with E-state index in [2.05, 4.69) is 0 Å². The predicted molar refractivity (Wildman–Crippen MR) is 74.1 cm³/mol. The Kier molecular flexibility index (Phi) is 3.67. The second-order valence-electron chi connectivity index (χ2n) is 4.33. The molecule has 2 aromatic carbocycles. The van der Waals surface area contributed by atoms with Gasteiger partial charge in [-0.15, -0.1) is 0 Å². The van der Waals surface area contributed by atoms with Gasteiger partial charge in [0.1, 0.15) is 5.82 Å². The molecule has 0 bridgehead atoms. The van der Waals surface area contributed by atoms with Crippen molar-refractivity contribution in [1.29, 1.82) is 5.26 Å². The molecule has 2 rings (SSSR count). The molecule has 4 heteroatoms. The van der Waals surface area contributed by atoms with Crippen LogP contribution in [0.15, 0.2) is 42.5 Å². The molecule has 0 saturated carbocycles. The third-order valence-corrected chi connectivity index (χ3v) is 2.94. The SMILES string of the molecule is CN(Cc1ccc(C#N)cc1F)c1ccccc1N. The quantitative estimate of drug-likeness (QED) is 0.858. The third kappa shape index (κ3) is 2.83. The lowest BCUT2D eigenvalue weighted by Crippen LogP contribution is -2.18. The number of nitrogen functional groups attached to an aromatic ring is 1. The van der Waals surface area contributed by atoms with Gasteiger partial charge in [0.15, 0.2) is 0 Å². The Bertz CT molecular complexity index is 632. The first-order chi connectivity index (χ1) is 9.11. The molecule has 2 aromatic rings. The molecule has 3 nitrogen and oxygen atoms in total. The summed E-state index contributed by atoms with van der Waals surface area (Å²) in [5.74, 6) is -0.375. The number of nitriles is 1. The number of hydrogen-bond donors (Lipinski definition) is 1. The van der Waals surface area contributed by atoms with E-state index in [0.29, 0.717) is 23.4 Å². The summed E-state index contributed by atoms with van der Waals surface area (Å²) in [5.41, 5.74) is 8.24. The maximum atomic E-state index is 13.8. The van der Waals surface area contributed by atoms with E-state index < -0.39 is 0 Å². The van der Waals surface area contributed by atoms with Crippen LogP contribution in [0.1, 0.15) is 11.1 Å². The number of nitrogens with two attached hydrogens (primary N) is 1. The maximum absolute atomic E-state index is 13.8. The first-order valence-electron chi connectivity index (χ1n) is 5.86. The van der Waals surface area contributed by atoms with Crippen LogP contribution in [0.25, 0.3) is 0 Å². The standard InChI is InChI=1S/C15H14FN3/c1-19(15-5-3-2-4-14(15)18)10-12-7-6-11(9-17)8-13(12)16/h2-8H,10,18H2,1H3. The first kappa shape index (κ1) is 12.9. The second kappa shape index (κ2) is 5.40. The number of hydrogen-bond acceptors (Lipinski definition) is 3. The minimum atomic E-state index is -0.375. The molecule has 2 N–H and O–H groups in total. The minimum absolute atomic E-state index is 0.322. The van der Waals surface area contributed by atoms with Crippen molar-refractivity contribution in [2.24, 2.45) is 0 Å². The summed E-state index contributed by atoms with van der Waals surface area (Å²) in [5, 5.41) is 8.71. The summed E-state index contributed by atoms with van der Waals surface area (Å²) in [7, 11) is 1.85. The maximum Gasteiger partial charge on any atom is 0.129 e. The van der Waals surface area contributed by atoms with Gasteiger partial charge >= 0.3 is 0 Å². The zero-order chi connectivity index (χ0) is 13.8. The van der Waals surface area contributed by atoms with E-state index in [1.54, 1.807) is 18.2 Å². The van der Waals surface area contributed by atoms with Gasteiger partial charge in [-0.25, -0.2) is 4.39 Å². The van der Waals surface area contributed by atoms with Crippen LogP contribution in [0, 0.1) is 17.1 Å². The highest BCUT2D eigenvalue weighted by Crippen LogP contribution is 2.23. The van der Waals surface area contributed by atoms with Gasteiger partial charge in [-0.3, -0.25) is 0 Å². The van der Waals surface area contributed by atoms with E-state index in [-0.39, 0.29) is 5.82 Å². The molecule has 0 spiro atoms. The molecule has 96 valence electrons. The highest BCUT2D eigenvalue weighted by Gasteiger charge is 2.09. The van der Waals surface area contributed by atoms with Crippen LogP contribution < -0.4 is 10.6 Å². The average molecular weight is 255 g/mol. The van der Waals surface area contributed by atoms with Crippen molar-refractivity contribution in [2.45, 2.75) is 6.54 Å². The summed E-state index contributed by atoms with van der Waals surface area (Å²) >= 11 is 0. The molecule has 0 aliphatic heterocycles.